The zero-order valence-electron chi connectivity index (χ0n) is 16.0. The molecule has 1 heterocycles. The summed E-state index contributed by atoms with van der Waals surface area (Å²) in [6.07, 6.45) is 0.828. The normalized spacial score (nSPS) is 19.1. The molecule has 2 unspecified atom stereocenters. The van der Waals surface area contributed by atoms with Crippen molar-refractivity contribution >= 4 is 5.91 Å². The first-order valence-corrected chi connectivity index (χ1v) is 9.23. The van der Waals surface area contributed by atoms with Crippen molar-refractivity contribution in [1.82, 2.24) is 16.2 Å². The molecular weight excluding hydrogens is 342 g/mol. The highest BCUT2D eigenvalue weighted by atomic mass is 16.5. The van der Waals surface area contributed by atoms with E-state index in [1.165, 1.54) is 0 Å². The number of rotatable bonds is 7. The Morgan fingerprint density at radius 3 is 2.63 bits per heavy atom. The SMILES string of the molecule is COc1cccc(C2CC(C(=O)NCc3ccc(OC(C)C)cc3)NN2)c1. The summed E-state index contributed by atoms with van der Waals surface area (Å²) in [7, 11) is 1.65. The van der Waals surface area contributed by atoms with Gasteiger partial charge in [0.1, 0.15) is 17.5 Å². The molecule has 0 aliphatic carbocycles. The van der Waals surface area contributed by atoms with Gasteiger partial charge in [0, 0.05) is 12.6 Å². The van der Waals surface area contributed by atoms with Gasteiger partial charge in [-0.1, -0.05) is 24.3 Å². The van der Waals surface area contributed by atoms with Crippen LogP contribution in [0.2, 0.25) is 0 Å². The Kier molecular flexibility index (Phi) is 6.32. The van der Waals surface area contributed by atoms with Gasteiger partial charge in [-0.25, -0.2) is 10.9 Å². The third-order valence-corrected chi connectivity index (χ3v) is 4.48. The first-order valence-electron chi connectivity index (χ1n) is 9.23. The number of carbonyl (C=O) groups excluding carboxylic acids is 1. The van der Waals surface area contributed by atoms with Gasteiger partial charge in [0.05, 0.1) is 13.2 Å². The number of methoxy groups -OCH3 is 1. The average Bonchev–Trinajstić information content (AvgIpc) is 3.17. The second-order valence-electron chi connectivity index (χ2n) is 6.93. The largest absolute Gasteiger partial charge is 0.497 e. The van der Waals surface area contributed by atoms with Crippen molar-refractivity contribution in [2.45, 2.75) is 45.0 Å². The minimum atomic E-state index is -0.273. The summed E-state index contributed by atoms with van der Waals surface area (Å²) in [6, 6.07) is 15.5. The number of hydrogen-bond donors (Lipinski definition) is 3. The lowest BCUT2D eigenvalue weighted by molar-refractivity contribution is -0.123. The van der Waals surface area contributed by atoms with Crippen LogP contribution in [0.4, 0.5) is 0 Å². The Morgan fingerprint density at radius 2 is 1.93 bits per heavy atom. The Labute approximate surface area is 160 Å². The maximum absolute atomic E-state index is 12.5. The van der Waals surface area contributed by atoms with Crippen LogP contribution in [0.3, 0.4) is 0 Å². The summed E-state index contributed by atoms with van der Waals surface area (Å²) in [5.41, 5.74) is 8.41. The number of nitrogens with one attached hydrogen (secondary N) is 3. The molecule has 3 N–H and O–H groups in total. The molecular formula is C21H27N3O3. The summed E-state index contributed by atoms with van der Waals surface area (Å²) in [6.45, 7) is 4.48. The molecule has 1 saturated heterocycles. The maximum Gasteiger partial charge on any atom is 0.238 e. The molecule has 0 radical (unpaired) electrons. The molecule has 0 aromatic heterocycles. The number of hydrazine groups is 1. The summed E-state index contributed by atoms with van der Waals surface area (Å²) in [4.78, 5) is 12.5. The Hall–Kier alpha value is -2.57. The Balaban J connectivity index is 1.50. The molecule has 3 rings (SSSR count). The molecule has 6 heteroatoms. The van der Waals surface area contributed by atoms with E-state index in [1.54, 1.807) is 7.11 Å². The number of amides is 1. The fourth-order valence-electron chi connectivity index (χ4n) is 3.08. The zero-order chi connectivity index (χ0) is 19.2. The number of hydrogen-bond acceptors (Lipinski definition) is 5. The van der Waals surface area contributed by atoms with Crippen LogP contribution in [0, 0.1) is 0 Å². The summed E-state index contributed by atoms with van der Waals surface area (Å²) in [5.74, 6) is 1.63. The van der Waals surface area contributed by atoms with Crippen LogP contribution in [-0.2, 0) is 11.3 Å². The number of carbonyl (C=O) groups is 1. The first kappa shape index (κ1) is 19.2. The molecule has 1 fully saturated rings. The smallest absolute Gasteiger partial charge is 0.238 e. The topological polar surface area (TPSA) is 71.6 Å². The van der Waals surface area contributed by atoms with Crippen LogP contribution in [0.5, 0.6) is 11.5 Å². The van der Waals surface area contributed by atoms with E-state index in [2.05, 4.69) is 16.2 Å². The molecule has 1 amide bonds. The van der Waals surface area contributed by atoms with Crippen LogP contribution in [0.25, 0.3) is 0 Å². The molecule has 27 heavy (non-hydrogen) atoms. The average molecular weight is 369 g/mol. The standard InChI is InChI=1S/C21H27N3O3/c1-14(2)27-17-9-7-15(8-10-17)13-22-21(25)20-12-19(23-24-20)16-5-4-6-18(11-16)26-3/h4-11,14,19-20,23-24H,12-13H2,1-3H3,(H,22,25). The summed E-state index contributed by atoms with van der Waals surface area (Å²) < 4.78 is 10.9. The van der Waals surface area contributed by atoms with Gasteiger partial charge in [-0.3, -0.25) is 4.79 Å². The van der Waals surface area contributed by atoms with Crippen molar-refractivity contribution in [3.63, 3.8) is 0 Å². The lowest BCUT2D eigenvalue weighted by Crippen LogP contribution is -2.42. The fraction of sp³-hybridized carbons (Fsp3) is 0.381. The minimum Gasteiger partial charge on any atom is -0.497 e. The van der Waals surface area contributed by atoms with Crippen molar-refractivity contribution < 1.29 is 14.3 Å². The van der Waals surface area contributed by atoms with Gasteiger partial charge in [-0.15, -0.1) is 0 Å². The highest BCUT2D eigenvalue weighted by Crippen LogP contribution is 2.25. The highest BCUT2D eigenvalue weighted by Gasteiger charge is 2.30. The van der Waals surface area contributed by atoms with Crippen molar-refractivity contribution in [3.8, 4) is 11.5 Å². The van der Waals surface area contributed by atoms with E-state index >= 15 is 0 Å². The van der Waals surface area contributed by atoms with Gasteiger partial charge in [0.25, 0.3) is 0 Å². The Bertz CT molecular complexity index is 762. The third-order valence-electron chi connectivity index (χ3n) is 4.48. The molecule has 6 nitrogen and oxygen atoms in total. The van der Waals surface area contributed by atoms with Gasteiger partial charge in [-0.2, -0.15) is 0 Å². The molecule has 2 atom stereocenters. The van der Waals surface area contributed by atoms with Gasteiger partial charge in [0.15, 0.2) is 0 Å². The van der Waals surface area contributed by atoms with E-state index in [0.29, 0.717) is 13.0 Å². The van der Waals surface area contributed by atoms with E-state index in [1.807, 2.05) is 62.4 Å². The predicted octanol–water partition coefficient (Wildman–Crippen LogP) is 2.71. The maximum atomic E-state index is 12.5. The van der Waals surface area contributed by atoms with E-state index in [0.717, 1.165) is 22.6 Å². The lowest BCUT2D eigenvalue weighted by Gasteiger charge is -2.12. The molecule has 0 spiro atoms. The number of ether oxygens (including phenoxy) is 2. The van der Waals surface area contributed by atoms with Crippen LogP contribution < -0.4 is 25.6 Å². The molecule has 0 saturated carbocycles. The van der Waals surface area contributed by atoms with Crippen molar-refractivity contribution in [1.29, 1.82) is 0 Å². The van der Waals surface area contributed by atoms with Gasteiger partial charge >= 0.3 is 0 Å². The van der Waals surface area contributed by atoms with Crippen LogP contribution in [0.15, 0.2) is 48.5 Å². The van der Waals surface area contributed by atoms with E-state index in [9.17, 15) is 4.79 Å². The predicted molar refractivity (Wildman–Crippen MR) is 104 cm³/mol. The fourth-order valence-corrected chi connectivity index (χ4v) is 3.08. The molecule has 2 aromatic carbocycles. The molecule has 2 aromatic rings. The van der Waals surface area contributed by atoms with Crippen molar-refractivity contribution in [2.24, 2.45) is 0 Å². The van der Waals surface area contributed by atoms with Crippen LogP contribution >= 0.6 is 0 Å². The molecule has 1 aliphatic rings. The number of benzene rings is 2. The Morgan fingerprint density at radius 1 is 1.15 bits per heavy atom. The lowest BCUT2D eigenvalue weighted by atomic mass is 10.0. The van der Waals surface area contributed by atoms with E-state index in [-0.39, 0.29) is 24.1 Å². The third kappa shape index (κ3) is 5.21. The second-order valence-corrected chi connectivity index (χ2v) is 6.93. The molecule has 144 valence electrons. The molecule has 0 bridgehead atoms. The van der Waals surface area contributed by atoms with E-state index in [4.69, 9.17) is 9.47 Å². The van der Waals surface area contributed by atoms with Crippen molar-refractivity contribution in [2.75, 3.05) is 7.11 Å². The van der Waals surface area contributed by atoms with Crippen LogP contribution in [0.1, 0.15) is 37.4 Å². The minimum absolute atomic E-state index is 0.0181. The zero-order valence-corrected chi connectivity index (χ0v) is 16.0. The van der Waals surface area contributed by atoms with Crippen molar-refractivity contribution in [3.05, 3.63) is 59.7 Å². The summed E-state index contributed by atoms with van der Waals surface area (Å²) >= 11 is 0. The summed E-state index contributed by atoms with van der Waals surface area (Å²) in [5, 5.41) is 2.99. The van der Waals surface area contributed by atoms with Gasteiger partial charge in [-0.05, 0) is 55.7 Å². The first-order chi connectivity index (χ1) is 13.0. The quantitative estimate of drug-likeness (QED) is 0.700. The van der Waals surface area contributed by atoms with E-state index < -0.39 is 0 Å². The molecule has 1 aliphatic heterocycles. The highest BCUT2D eigenvalue weighted by molar-refractivity contribution is 5.82. The monoisotopic (exact) mass is 369 g/mol. The van der Waals surface area contributed by atoms with Gasteiger partial charge < -0.3 is 14.8 Å². The van der Waals surface area contributed by atoms with Gasteiger partial charge in [0.2, 0.25) is 5.91 Å². The second kappa shape index (κ2) is 8.88. The van der Waals surface area contributed by atoms with Crippen LogP contribution in [-0.4, -0.2) is 25.2 Å².